The van der Waals surface area contributed by atoms with Gasteiger partial charge < -0.3 is 10.6 Å². The van der Waals surface area contributed by atoms with Crippen molar-refractivity contribution < 1.29 is 9.59 Å². The van der Waals surface area contributed by atoms with E-state index in [2.05, 4.69) is 11.4 Å². The second-order valence-electron chi connectivity index (χ2n) is 6.46. The van der Waals surface area contributed by atoms with Crippen molar-refractivity contribution in [3.05, 3.63) is 0 Å². The van der Waals surface area contributed by atoms with Gasteiger partial charge in [0.1, 0.15) is 0 Å². The van der Waals surface area contributed by atoms with Crippen LogP contribution in [0.15, 0.2) is 4.99 Å². The Kier molecular flexibility index (Phi) is 3.77. The van der Waals surface area contributed by atoms with Crippen LogP contribution in [0.2, 0.25) is 0 Å². The number of carbonyl (C=O) groups excluding carboxylic acids is 2. The van der Waals surface area contributed by atoms with Crippen LogP contribution in [0.25, 0.3) is 0 Å². The Hall–Kier alpha value is -2.10. The highest BCUT2D eigenvalue weighted by atomic mass is 16.2. The van der Waals surface area contributed by atoms with E-state index in [9.17, 15) is 14.9 Å². The lowest BCUT2D eigenvalue weighted by Gasteiger charge is -2.39. The van der Waals surface area contributed by atoms with Crippen molar-refractivity contribution >= 4 is 17.8 Å². The minimum absolute atomic E-state index is 0.0940. The summed E-state index contributed by atoms with van der Waals surface area (Å²) in [4.78, 5) is 30.3. The normalized spacial score (nSPS) is 28.1. The van der Waals surface area contributed by atoms with Crippen LogP contribution >= 0.6 is 0 Å². The van der Waals surface area contributed by atoms with Gasteiger partial charge in [-0.3, -0.25) is 14.9 Å². The highest BCUT2D eigenvalue weighted by molar-refractivity contribution is 6.02. The fourth-order valence-corrected chi connectivity index (χ4v) is 3.82. The third-order valence-corrected chi connectivity index (χ3v) is 5.16. The number of primary amides is 1. The molecule has 0 aromatic carbocycles. The molecule has 3 rings (SSSR count). The molecule has 0 unspecified atom stereocenters. The Labute approximate surface area is 129 Å². The number of amides is 2. The molecule has 1 atom stereocenters. The van der Waals surface area contributed by atoms with Crippen LogP contribution in [0.5, 0.6) is 0 Å². The van der Waals surface area contributed by atoms with Gasteiger partial charge >= 0.3 is 0 Å². The van der Waals surface area contributed by atoms with Crippen LogP contribution in [0.3, 0.4) is 0 Å². The van der Waals surface area contributed by atoms with Crippen LogP contribution in [0, 0.1) is 23.2 Å². The number of carbonyl (C=O) groups is 2. The van der Waals surface area contributed by atoms with E-state index in [0.29, 0.717) is 31.9 Å². The number of hydrogen-bond acceptors (Lipinski definition) is 5. The maximum atomic E-state index is 12.3. The van der Waals surface area contributed by atoms with Gasteiger partial charge in [0.15, 0.2) is 5.92 Å². The van der Waals surface area contributed by atoms with Crippen molar-refractivity contribution in [2.45, 2.75) is 44.1 Å². The first kappa shape index (κ1) is 14.8. The van der Waals surface area contributed by atoms with Crippen LogP contribution in [-0.4, -0.2) is 41.3 Å². The summed E-state index contributed by atoms with van der Waals surface area (Å²) in [5.41, 5.74) is 4.80. The standard InChI is InChI=1S/C15H21N5O2/c16-9-11-13(22)18-14(19-15(11)5-1-2-6-15)20-7-3-10(4-8-20)12(17)21/h10-11H,1-8H2,(H2,17,21)(H,18,19,22)/t11-/m0/s1. The quantitative estimate of drug-likeness (QED) is 0.716. The van der Waals surface area contributed by atoms with Crippen molar-refractivity contribution in [1.82, 2.24) is 10.2 Å². The largest absolute Gasteiger partial charge is 0.369 e. The van der Waals surface area contributed by atoms with E-state index in [1.54, 1.807) is 0 Å². The van der Waals surface area contributed by atoms with E-state index in [-0.39, 0.29) is 17.7 Å². The molecule has 1 saturated carbocycles. The molecule has 118 valence electrons. The second kappa shape index (κ2) is 5.59. The monoisotopic (exact) mass is 303 g/mol. The maximum absolute atomic E-state index is 12.3. The highest BCUT2D eigenvalue weighted by Gasteiger charge is 2.49. The van der Waals surface area contributed by atoms with E-state index in [1.807, 2.05) is 4.90 Å². The molecule has 22 heavy (non-hydrogen) atoms. The number of likely N-dealkylation sites (tertiary alicyclic amines) is 1. The molecule has 0 aromatic heterocycles. The molecule has 7 heteroatoms. The van der Waals surface area contributed by atoms with Crippen molar-refractivity contribution in [2.24, 2.45) is 22.6 Å². The van der Waals surface area contributed by atoms with Gasteiger partial charge in [-0.25, -0.2) is 4.99 Å². The first-order valence-corrected chi connectivity index (χ1v) is 7.90. The van der Waals surface area contributed by atoms with E-state index >= 15 is 0 Å². The van der Waals surface area contributed by atoms with Gasteiger partial charge in [-0.15, -0.1) is 0 Å². The Balaban J connectivity index is 1.80. The van der Waals surface area contributed by atoms with E-state index in [0.717, 1.165) is 25.7 Å². The number of aliphatic imine (C=N–C) groups is 1. The number of nitriles is 1. The summed E-state index contributed by atoms with van der Waals surface area (Å²) in [6.45, 7) is 1.31. The first-order valence-electron chi connectivity index (χ1n) is 7.90. The molecule has 0 radical (unpaired) electrons. The highest BCUT2D eigenvalue weighted by Crippen LogP contribution is 2.41. The lowest BCUT2D eigenvalue weighted by atomic mass is 9.82. The van der Waals surface area contributed by atoms with Crippen molar-refractivity contribution in [2.75, 3.05) is 13.1 Å². The molecule has 2 heterocycles. The van der Waals surface area contributed by atoms with Crippen molar-refractivity contribution in [3.63, 3.8) is 0 Å². The average Bonchev–Trinajstić information content (AvgIpc) is 2.95. The zero-order valence-corrected chi connectivity index (χ0v) is 12.5. The molecular weight excluding hydrogens is 282 g/mol. The van der Waals surface area contributed by atoms with E-state index < -0.39 is 11.5 Å². The minimum Gasteiger partial charge on any atom is -0.369 e. The number of piperidine rings is 1. The van der Waals surface area contributed by atoms with Gasteiger partial charge in [0, 0.05) is 19.0 Å². The Morgan fingerprint density at radius 2 is 2.00 bits per heavy atom. The average molecular weight is 303 g/mol. The third kappa shape index (κ3) is 2.43. The predicted molar refractivity (Wildman–Crippen MR) is 79.4 cm³/mol. The van der Waals surface area contributed by atoms with Gasteiger partial charge in [0.05, 0.1) is 11.6 Å². The lowest BCUT2D eigenvalue weighted by molar-refractivity contribution is -0.125. The van der Waals surface area contributed by atoms with Crippen molar-refractivity contribution in [3.8, 4) is 6.07 Å². The third-order valence-electron chi connectivity index (χ3n) is 5.16. The molecular formula is C15H21N5O2. The molecule has 1 aliphatic carbocycles. The number of nitrogens with two attached hydrogens (primary N) is 1. The molecule has 2 aliphatic heterocycles. The Bertz CT molecular complexity index is 551. The maximum Gasteiger partial charge on any atom is 0.246 e. The fourth-order valence-electron chi connectivity index (χ4n) is 3.82. The van der Waals surface area contributed by atoms with Gasteiger partial charge in [-0.1, -0.05) is 12.8 Å². The summed E-state index contributed by atoms with van der Waals surface area (Å²) in [6.07, 6.45) is 4.95. The van der Waals surface area contributed by atoms with Crippen molar-refractivity contribution in [1.29, 1.82) is 5.26 Å². The Morgan fingerprint density at radius 3 is 2.55 bits per heavy atom. The van der Waals surface area contributed by atoms with Gasteiger partial charge in [-0.05, 0) is 25.7 Å². The zero-order chi connectivity index (χ0) is 15.7. The molecule has 3 N–H and O–H groups in total. The van der Waals surface area contributed by atoms with Crippen LogP contribution in [0.4, 0.5) is 0 Å². The second-order valence-corrected chi connectivity index (χ2v) is 6.46. The van der Waals surface area contributed by atoms with E-state index in [1.165, 1.54) is 0 Å². The van der Waals surface area contributed by atoms with Crippen LogP contribution in [0.1, 0.15) is 38.5 Å². The fraction of sp³-hybridized carbons (Fsp3) is 0.733. The summed E-state index contributed by atoms with van der Waals surface area (Å²) < 4.78 is 0. The molecule has 0 bridgehead atoms. The smallest absolute Gasteiger partial charge is 0.246 e. The molecule has 1 spiro atoms. The zero-order valence-electron chi connectivity index (χ0n) is 12.5. The van der Waals surface area contributed by atoms with Gasteiger partial charge in [-0.2, -0.15) is 5.26 Å². The SMILES string of the molecule is N#C[C@H]1C(=O)NC(N2CCC(C(N)=O)CC2)=NC12CCCC2. The number of rotatable bonds is 1. The molecule has 2 amide bonds. The number of hydrogen-bond donors (Lipinski definition) is 2. The molecule has 2 fully saturated rings. The first-order chi connectivity index (χ1) is 10.6. The topological polar surface area (TPSA) is 112 Å². The number of guanidine groups is 1. The van der Waals surface area contributed by atoms with Gasteiger partial charge in [0.25, 0.3) is 0 Å². The lowest BCUT2D eigenvalue weighted by Crippen LogP contribution is -2.57. The van der Waals surface area contributed by atoms with E-state index in [4.69, 9.17) is 10.7 Å². The van der Waals surface area contributed by atoms with Gasteiger partial charge in [0.2, 0.25) is 17.8 Å². The minimum atomic E-state index is -0.693. The number of nitrogens with one attached hydrogen (secondary N) is 1. The summed E-state index contributed by atoms with van der Waals surface area (Å²) in [5, 5.41) is 12.1. The predicted octanol–water partition coefficient (Wildman–Crippen LogP) is 0.122. The molecule has 0 aromatic rings. The Morgan fingerprint density at radius 1 is 1.36 bits per heavy atom. The molecule has 7 nitrogen and oxygen atoms in total. The summed E-state index contributed by atoms with van der Waals surface area (Å²) in [7, 11) is 0. The number of nitrogens with zero attached hydrogens (tertiary/aromatic N) is 3. The summed E-state index contributed by atoms with van der Waals surface area (Å²) in [5.74, 6) is -0.718. The summed E-state index contributed by atoms with van der Waals surface area (Å²) >= 11 is 0. The van der Waals surface area contributed by atoms with Crippen LogP contribution < -0.4 is 11.1 Å². The van der Waals surface area contributed by atoms with Crippen LogP contribution in [-0.2, 0) is 9.59 Å². The molecule has 1 saturated heterocycles. The summed E-state index contributed by atoms with van der Waals surface area (Å²) in [6, 6.07) is 2.13. The molecule has 3 aliphatic rings.